The molecular weight excluding hydrogens is 248 g/mol. The number of aliphatic hydroxyl groups excluding tert-OH is 1. The highest BCUT2D eigenvalue weighted by molar-refractivity contribution is 5.85. The maximum Gasteiger partial charge on any atom is 0.328 e. The van der Waals surface area contributed by atoms with Gasteiger partial charge < -0.3 is 15.5 Å². The van der Waals surface area contributed by atoms with Crippen LogP contribution in [-0.2, 0) is 9.59 Å². The molecule has 0 heterocycles. The topological polar surface area (TPSA) is 86.6 Å². The van der Waals surface area contributed by atoms with Crippen LogP contribution < -0.4 is 5.32 Å². The van der Waals surface area contributed by atoms with E-state index in [-0.39, 0.29) is 25.7 Å². The summed E-state index contributed by atoms with van der Waals surface area (Å²) in [5.41, 5.74) is 0. The minimum absolute atomic E-state index is 0.0327. The molecule has 0 bridgehead atoms. The van der Waals surface area contributed by atoms with E-state index in [9.17, 15) is 23.5 Å². The zero-order valence-corrected chi connectivity index (χ0v) is 10.0. The van der Waals surface area contributed by atoms with Crippen molar-refractivity contribution < 1.29 is 28.6 Å². The molecule has 1 amide bonds. The maximum atomic E-state index is 12.9. The van der Waals surface area contributed by atoms with Crippen molar-refractivity contribution in [3.8, 4) is 0 Å². The first kappa shape index (κ1) is 14.8. The summed E-state index contributed by atoms with van der Waals surface area (Å²) in [5, 5.41) is 20.2. The van der Waals surface area contributed by atoms with Gasteiger partial charge in [0, 0.05) is 18.8 Å². The van der Waals surface area contributed by atoms with Crippen LogP contribution in [0, 0.1) is 5.92 Å². The molecule has 1 aliphatic carbocycles. The number of alkyl halides is 2. The third-order valence-electron chi connectivity index (χ3n) is 3.13. The highest BCUT2D eigenvalue weighted by atomic mass is 19.3. The van der Waals surface area contributed by atoms with Gasteiger partial charge in [0.15, 0.2) is 6.04 Å². The average Bonchev–Trinajstić information content (AvgIpc) is 2.24. The summed E-state index contributed by atoms with van der Waals surface area (Å²) in [6.45, 7) is 1.24. The summed E-state index contributed by atoms with van der Waals surface area (Å²) in [6, 6.07) is -1.40. The molecule has 2 unspecified atom stereocenters. The van der Waals surface area contributed by atoms with Crippen molar-refractivity contribution in [3.05, 3.63) is 0 Å². The molecule has 18 heavy (non-hydrogen) atoms. The Morgan fingerprint density at radius 3 is 2.22 bits per heavy atom. The lowest BCUT2D eigenvalue weighted by atomic mass is 9.86. The van der Waals surface area contributed by atoms with Gasteiger partial charge in [0.1, 0.15) is 0 Å². The van der Waals surface area contributed by atoms with E-state index in [2.05, 4.69) is 5.32 Å². The number of nitrogens with one attached hydrogen (secondary N) is 1. The number of hydrogen-bond acceptors (Lipinski definition) is 3. The van der Waals surface area contributed by atoms with E-state index in [4.69, 9.17) is 5.11 Å². The van der Waals surface area contributed by atoms with Gasteiger partial charge in [0.05, 0.1) is 6.10 Å². The second kappa shape index (κ2) is 5.60. The Hall–Kier alpha value is -1.24. The number of aliphatic carboxylic acids is 1. The fourth-order valence-corrected chi connectivity index (χ4v) is 1.96. The summed E-state index contributed by atoms with van der Waals surface area (Å²) in [4.78, 5) is 22.5. The first-order valence-corrected chi connectivity index (χ1v) is 5.82. The normalized spacial score (nSPS) is 23.1. The monoisotopic (exact) mass is 265 g/mol. The molecule has 0 aromatic heterocycles. The zero-order valence-electron chi connectivity index (χ0n) is 10.0. The van der Waals surface area contributed by atoms with Gasteiger partial charge >= 0.3 is 5.97 Å². The fraction of sp³-hybridized carbons (Fsp3) is 0.818. The minimum Gasteiger partial charge on any atom is -0.480 e. The molecule has 1 fully saturated rings. The first-order chi connectivity index (χ1) is 8.23. The fourth-order valence-electron chi connectivity index (χ4n) is 1.96. The van der Waals surface area contributed by atoms with E-state index < -0.39 is 35.9 Å². The van der Waals surface area contributed by atoms with Gasteiger partial charge in [-0.15, -0.1) is 0 Å². The van der Waals surface area contributed by atoms with Gasteiger partial charge in [0.2, 0.25) is 11.8 Å². The van der Waals surface area contributed by atoms with E-state index >= 15 is 0 Å². The molecule has 0 aromatic carbocycles. The van der Waals surface area contributed by atoms with Crippen LogP contribution in [0.2, 0.25) is 0 Å². The Morgan fingerprint density at radius 2 is 1.83 bits per heavy atom. The smallest absolute Gasteiger partial charge is 0.328 e. The molecule has 0 aromatic rings. The zero-order chi connectivity index (χ0) is 13.9. The predicted molar refractivity (Wildman–Crippen MR) is 58.2 cm³/mol. The summed E-state index contributed by atoms with van der Waals surface area (Å²) in [7, 11) is 0. The number of carboxylic acid groups (broad SMARTS) is 1. The first-order valence-electron chi connectivity index (χ1n) is 5.82. The van der Waals surface area contributed by atoms with Crippen LogP contribution in [0.4, 0.5) is 8.78 Å². The van der Waals surface area contributed by atoms with Crippen LogP contribution in [0.15, 0.2) is 0 Å². The molecule has 5 nitrogen and oxygen atoms in total. The Morgan fingerprint density at radius 1 is 1.33 bits per heavy atom. The van der Waals surface area contributed by atoms with E-state index in [1.807, 2.05) is 0 Å². The molecule has 1 saturated carbocycles. The number of rotatable bonds is 4. The second-order valence-corrected chi connectivity index (χ2v) is 4.70. The highest BCUT2D eigenvalue weighted by Gasteiger charge is 2.38. The summed E-state index contributed by atoms with van der Waals surface area (Å²) >= 11 is 0. The van der Waals surface area contributed by atoms with Gasteiger partial charge in [-0.25, -0.2) is 13.6 Å². The van der Waals surface area contributed by atoms with E-state index in [0.29, 0.717) is 0 Å². The quantitative estimate of drug-likeness (QED) is 0.700. The van der Waals surface area contributed by atoms with E-state index in [0.717, 1.165) is 0 Å². The number of hydrogen-bond donors (Lipinski definition) is 3. The van der Waals surface area contributed by atoms with Crippen molar-refractivity contribution in [2.24, 2.45) is 5.92 Å². The second-order valence-electron chi connectivity index (χ2n) is 4.70. The van der Waals surface area contributed by atoms with Gasteiger partial charge in [-0.3, -0.25) is 4.79 Å². The Balaban J connectivity index is 2.53. The predicted octanol–water partition coefficient (Wildman–Crippen LogP) is 0.762. The van der Waals surface area contributed by atoms with Crippen LogP contribution in [0.5, 0.6) is 0 Å². The summed E-state index contributed by atoms with van der Waals surface area (Å²) in [5.74, 6) is -5.27. The molecule has 0 aliphatic heterocycles. The molecule has 1 aliphatic rings. The minimum atomic E-state index is -2.73. The summed E-state index contributed by atoms with van der Waals surface area (Å²) in [6.07, 6.45) is -1.90. The Labute approximate surface area is 103 Å². The van der Waals surface area contributed by atoms with Gasteiger partial charge in [-0.1, -0.05) is 0 Å². The molecule has 3 N–H and O–H groups in total. The van der Waals surface area contributed by atoms with Crippen LogP contribution in [0.25, 0.3) is 0 Å². The van der Waals surface area contributed by atoms with Crippen LogP contribution in [0.1, 0.15) is 32.6 Å². The molecule has 1 rings (SSSR count). The Kier molecular flexibility index (Phi) is 4.61. The van der Waals surface area contributed by atoms with Crippen molar-refractivity contribution in [1.82, 2.24) is 5.32 Å². The van der Waals surface area contributed by atoms with Crippen molar-refractivity contribution in [1.29, 1.82) is 0 Å². The molecule has 0 saturated heterocycles. The number of halogens is 2. The maximum absolute atomic E-state index is 12.9. The number of carbonyl (C=O) groups is 2. The van der Waals surface area contributed by atoms with Crippen molar-refractivity contribution in [2.45, 2.75) is 50.7 Å². The van der Waals surface area contributed by atoms with E-state index in [1.165, 1.54) is 6.92 Å². The molecular formula is C11H17F2NO4. The number of carbonyl (C=O) groups excluding carboxylic acids is 1. The molecule has 2 atom stereocenters. The van der Waals surface area contributed by atoms with Crippen molar-refractivity contribution >= 4 is 11.9 Å². The van der Waals surface area contributed by atoms with Crippen molar-refractivity contribution in [3.63, 3.8) is 0 Å². The van der Waals surface area contributed by atoms with Crippen molar-refractivity contribution in [2.75, 3.05) is 0 Å². The lowest BCUT2D eigenvalue weighted by Crippen LogP contribution is -2.50. The highest BCUT2D eigenvalue weighted by Crippen LogP contribution is 2.36. The van der Waals surface area contributed by atoms with Gasteiger partial charge in [-0.05, 0) is 19.8 Å². The third-order valence-corrected chi connectivity index (χ3v) is 3.13. The molecule has 104 valence electrons. The lowest BCUT2D eigenvalue weighted by Gasteiger charge is -2.28. The van der Waals surface area contributed by atoms with Gasteiger partial charge in [0.25, 0.3) is 0 Å². The van der Waals surface area contributed by atoms with Crippen LogP contribution in [0.3, 0.4) is 0 Å². The van der Waals surface area contributed by atoms with Crippen LogP contribution >= 0.6 is 0 Å². The average molecular weight is 265 g/mol. The van der Waals surface area contributed by atoms with Crippen LogP contribution in [-0.4, -0.2) is 40.2 Å². The Bertz CT molecular complexity index is 323. The standard InChI is InChI=1S/C11H17F2NO4/c1-6(15)8(10(17)18)14-9(16)7-2-4-11(12,13)5-3-7/h6-8,15H,2-5H2,1H3,(H,14,16)(H,17,18). The lowest BCUT2D eigenvalue weighted by molar-refractivity contribution is -0.146. The molecule has 0 spiro atoms. The molecule has 7 heteroatoms. The largest absolute Gasteiger partial charge is 0.480 e. The number of carboxylic acids is 1. The summed E-state index contributed by atoms with van der Waals surface area (Å²) < 4.78 is 25.8. The number of aliphatic hydroxyl groups is 1. The van der Waals surface area contributed by atoms with E-state index in [1.54, 1.807) is 0 Å². The SMILES string of the molecule is CC(O)C(NC(=O)C1CCC(F)(F)CC1)C(=O)O. The number of amides is 1. The molecule has 0 radical (unpaired) electrons. The van der Waals surface area contributed by atoms with Gasteiger partial charge in [-0.2, -0.15) is 0 Å². The third kappa shape index (κ3) is 3.90.